The molecule has 0 aliphatic heterocycles. The number of nitrogens with two attached hydrogens (primary N) is 1. The van der Waals surface area contributed by atoms with Gasteiger partial charge in [-0.1, -0.05) is 12.1 Å². The molecule has 0 radical (unpaired) electrons. The van der Waals surface area contributed by atoms with Crippen molar-refractivity contribution in [3.05, 3.63) is 55.1 Å². The number of hydrogen-bond donors (Lipinski definition) is 3. The van der Waals surface area contributed by atoms with E-state index in [0.717, 1.165) is 12.1 Å². The Bertz CT molecular complexity index is 1230. The summed E-state index contributed by atoms with van der Waals surface area (Å²) in [6, 6.07) is 4.81. The van der Waals surface area contributed by atoms with E-state index < -0.39 is 36.6 Å². The van der Waals surface area contributed by atoms with Crippen molar-refractivity contribution < 1.29 is 75.3 Å². The molecule has 25 heavy (non-hydrogen) atoms. The number of H-pyrrole nitrogens is 2. The molecule has 1 heterocycles. The van der Waals surface area contributed by atoms with E-state index in [-0.39, 0.29) is 83.8 Å². The van der Waals surface area contributed by atoms with Crippen LogP contribution < -0.4 is 75.4 Å². The molecule has 0 saturated carbocycles. The molecule has 0 amide bonds. The number of benzene rings is 2. The van der Waals surface area contributed by atoms with Crippen molar-refractivity contribution in [1.82, 2.24) is 9.97 Å². The van der Waals surface area contributed by atoms with E-state index in [1.165, 1.54) is 12.1 Å². The predicted molar refractivity (Wildman–Crippen MR) is 82.9 cm³/mol. The molecule has 0 fully saturated rings. The minimum absolute atomic E-state index is 0. The van der Waals surface area contributed by atoms with E-state index in [2.05, 4.69) is 9.97 Å². The number of primary sulfonamides is 1. The third-order valence-electron chi connectivity index (χ3n) is 3.30. The summed E-state index contributed by atoms with van der Waals surface area (Å²) in [6.45, 7) is 0. The molecule has 0 unspecified atom stereocenters. The van der Waals surface area contributed by atoms with Crippen molar-refractivity contribution in [2.24, 2.45) is 5.14 Å². The summed E-state index contributed by atoms with van der Waals surface area (Å²) in [6.07, 6.45) is 0. The van der Waals surface area contributed by atoms with Crippen molar-refractivity contribution in [2.75, 3.05) is 0 Å². The number of rotatable bonds is 2. The van der Waals surface area contributed by atoms with E-state index in [1.807, 2.05) is 0 Å². The number of aromatic nitrogens is 2. The molecule has 0 aliphatic carbocycles. The zero-order valence-electron chi connectivity index (χ0n) is 15.2. The first-order valence-electron chi connectivity index (χ1n) is 6.09. The van der Waals surface area contributed by atoms with Crippen molar-refractivity contribution >= 4 is 37.5 Å². The fraction of sp³-hybridized carbons (Fsp3) is 0. The number of nitro groups is 1. The number of nitrogens with one attached hydrogen (secondary N) is 2. The first-order chi connectivity index (χ1) is 10.7. The molecule has 0 saturated heterocycles. The van der Waals surface area contributed by atoms with Gasteiger partial charge in [0, 0.05) is 11.5 Å². The Hall–Kier alpha value is -1.05. The van der Waals surface area contributed by atoms with Crippen LogP contribution in [0.15, 0.2) is 38.8 Å². The first-order valence-corrected chi connectivity index (χ1v) is 7.64. The van der Waals surface area contributed by atoms with Crippen LogP contribution in [0.3, 0.4) is 0 Å². The summed E-state index contributed by atoms with van der Waals surface area (Å²) in [5.74, 6) is 0. The molecule has 4 N–H and O–H groups in total. The van der Waals surface area contributed by atoms with Gasteiger partial charge in [-0.25, -0.2) is 13.6 Å². The Morgan fingerprint density at radius 1 is 1.12 bits per heavy atom. The molecule has 13 heteroatoms. The van der Waals surface area contributed by atoms with Crippen molar-refractivity contribution in [3.8, 4) is 0 Å². The molecule has 0 aliphatic rings. The van der Waals surface area contributed by atoms with Crippen molar-refractivity contribution in [1.29, 1.82) is 0 Å². The first kappa shape index (κ1) is 22.0. The van der Waals surface area contributed by atoms with Crippen LogP contribution in [0.25, 0.3) is 21.8 Å². The van der Waals surface area contributed by atoms with Crippen LogP contribution in [0.4, 0.5) is 5.69 Å². The molecule has 0 bridgehead atoms. The molecule has 0 spiro atoms. The predicted octanol–water partition coefficient (Wildman–Crippen LogP) is -5.84. The zero-order chi connectivity index (χ0) is 16.9. The van der Waals surface area contributed by atoms with E-state index in [4.69, 9.17) is 5.14 Å². The zero-order valence-corrected chi connectivity index (χ0v) is 18.0. The molecule has 3 aromatic rings. The monoisotopic (exact) mass is 384 g/mol. The Morgan fingerprint density at radius 3 is 2.28 bits per heavy atom. The fourth-order valence-electron chi connectivity index (χ4n) is 2.39. The van der Waals surface area contributed by atoms with Gasteiger partial charge < -0.3 is 12.8 Å². The Morgan fingerprint density at radius 2 is 1.72 bits per heavy atom. The molecule has 2 aromatic carbocycles. The maximum Gasteiger partial charge on any atom is 1.00 e. The standard InChI is InChI=1S/C12H8N4O6S.2Na.2H/c13-23(21,22)8-3-1-2-5-9(8)7(16(19)20)4-6-10(5)15-12(18)11(17)14-6;;;;/h1-4H,(H,14,17)(H,15,18)(H2,13,21,22);;;;/q;2*+1;2*-1. The third-order valence-corrected chi connectivity index (χ3v) is 4.25. The van der Waals surface area contributed by atoms with Crippen LogP contribution in [-0.4, -0.2) is 23.3 Å². The molecule has 1 aromatic heterocycles. The molecule has 122 valence electrons. The van der Waals surface area contributed by atoms with E-state index >= 15 is 0 Å². The maximum atomic E-state index is 11.7. The van der Waals surface area contributed by atoms with Gasteiger partial charge in [-0.3, -0.25) is 19.7 Å². The van der Waals surface area contributed by atoms with Gasteiger partial charge in [0.25, 0.3) is 5.69 Å². The minimum Gasteiger partial charge on any atom is -1.00 e. The molecular formula is C12H10N4Na2O6S. The van der Waals surface area contributed by atoms with Crippen molar-refractivity contribution in [3.63, 3.8) is 0 Å². The topological polar surface area (TPSA) is 169 Å². The van der Waals surface area contributed by atoms with Crippen LogP contribution in [-0.2, 0) is 10.0 Å². The summed E-state index contributed by atoms with van der Waals surface area (Å²) in [7, 11) is -4.24. The van der Waals surface area contributed by atoms with Gasteiger partial charge in [0.1, 0.15) is 0 Å². The second kappa shape index (κ2) is 7.68. The molecule has 0 atom stereocenters. The largest absolute Gasteiger partial charge is 1.00 e. The van der Waals surface area contributed by atoms with Gasteiger partial charge in [-0.15, -0.1) is 0 Å². The number of aromatic amines is 2. The van der Waals surface area contributed by atoms with Gasteiger partial charge in [-0.05, 0) is 6.07 Å². The Balaban J connectivity index is 0. The van der Waals surface area contributed by atoms with Crippen LogP contribution in [0.2, 0.25) is 0 Å². The van der Waals surface area contributed by atoms with Crippen LogP contribution in [0, 0.1) is 10.1 Å². The molecular weight excluding hydrogens is 374 g/mol. The van der Waals surface area contributed by atoms with E-state index in [0.29, 0.717) is 0 Å². The van der Waals surface area contributed by atoms with Gasteiger partial charge >= 0.3 is 70.2 Å². The van der Waals surface area contributed by atoms with E-state index in [1.54, 1.807) is 0 Å². The summed E-state index contributed by atoms with van der Waals surface area (Å²) < 4.78 is 23.4. The van der Waals surface area contributed by atoms with Gasteiger partial charge in [0.15, 0.2) is 0 Å². The SMILES string of the molecule is NS(=O)(=O)c1cccc2c1c([N+](=O)[O-])cc1[nH]c(=O)c(=O)[nH]c12.[H-].[H-].[Na+].[Na+]. The second-order valence-corrected chi connectivity index (χ2v) is 6.24. The number of nitro benzene ring substituents is 1. The number of non-ortho nitro benzene ring substituents is 1. The molecule has 10 nitrogen and oxygen atoms in total. The summed E-state index contributed by atoms with van der Waals surface area (Å²) in [4.78, 5) is 37.5. The quantitative estimate of drug-likeness (QED) is 0.131. The van der Waals surface area contributed by atoms with Crippen LogP contribution in [0.1, 0.15) is 2.85 Å². The van der Waals surface area contributed by atoms with Crippen LogP contribution in [0.5, 0.6) is 0 Å². The average Bonchev–Trinajstić information content (AvgIpc) is 2.46. The number of sulfonamides is 1. The summed E-state index contributed by atoms with van der Waals surface area (Å²) in [5, 5.41) is 16.2. The number of hydrogen-bond acceptors (Lipinski definition) is 6. The third kappa shape index (κ3) is 3.88. The summed E-state index contributed by atoms with van der Waals surface area (Å²) >= 11 is 0. The Kier molecular flexibility index (Phi) is 6.75. The fourth-order valence-corrected chi connectivity index (χ4v) is 3.16. The summed E-state index contributed by atoms with van der Waals surface area (Å²) in [5.41, 5.74) is -2.43. The maximum absolute atomic E-state index is 11.7. The van der Waals surface area contributed by atoms with Gasteiger partial charge in [0.2, 0.25) is 10.0 Å². The minimum atomic E-state index is -4.24. The average molecular weight is 384 g/mol. The molecule has 3 rings (SSSR count). The van der Waals surface area contributed by atoms with Crippen molar-refractivity contribution in [2.45, 2.75) is 4.90 Å². The number of nitrogens with zero attached hydrogens (tertiary/aromatic N) is 1. The van der Waals surface area contributed by atoms with Gasteiger partial charge in [0.05, 0.1) is 26.2 Å². The number of fused-ring (bicyclic) bond motifs is 3. The second-order valence-electron chi connectivity index (χ2n) is 4.71. The van der Waals surface area contributed by atoms with E-state index in [9.17, 15) is 28.1 Å². The van der Waals surface area contributed by atoms with Gasteiger partial charge in [-0.2, -0.15) is 0 Å². The smallest absolute Gasteiger partial charge is 1.00 e. The van der Waals surface area contributed by atoms with Crippen LogP contribution >= 0.6 is 0 Å². The normalized spacial score (nSPS) is 10.9. The Labute approximate surface area is 186 Å².